The highest BCUT2D eigenvalue weighted by atomic mass is 16.5. The number of carbonyl (C=O) groups is 1. The molecule has 3 aromatic rings. The molecule has 1 aromatic heterocycles. The Bertz CT molecular complexity index is 1180. The van der Waals surface area contributed by atoms with E-state index in [0.717, 1.165) is 52.4 Å². The summed E-state index contributed by atoms with van der Waals surface area (Å²) < 4.78 is 8.13. The lowest BCUT2D eigenvalue weighted by atomic mass is 9.70. The maximum Gasteiger partial charge on any atom is 0.307 e. The van der Waals surface area contributed by atoms with Crippen molar-refractivity contribution in [3.05, 3.63) is 47.5 Å². The summed E-state index contributed by atoms with van der Waals surface area (Å²) >= 11 is 0. The van der Waals surface area contributed by atoms with Gasteiger partial charge in [0, 0.05) is 11.7 Å². The summed E-state index contributed by atoms with van der Waals surface area (Å²) in [5.74, 6) is 1.44. The summed E-state index contributed by atoms with van der Waals surface area (Å²) in [5, 5.41) is 12.9. The fourth-order valence-corrected chi connectivity index (χ4v) is 5.61. The molecule has 2 atom stereocenters. The number of anilines is 2. The third-order valence-electron chi connectivity index (χ3n) is 6.70. The van der Waals surface area contributed by atoms with Crippen molar-refractivity contribution in [1.29, 1.82) is 0 Å². The van der Waals surface area contributed by atoms with Crippen molar-refractivity contribution in [1.82, 2.24) is 9.55 Å². The van der Waals surface area contributed by atoms with Gasteiger partial charge in [0.25, 0.3) is 0 Å². The number of carboxylic acid groups (broad SMARTS) is 1. The lowest BCUT2D eigenvalue weighted by Crippen LogP contribution is -2.29. The van der Waals surface area contributed by atoms with Gasteiger partial charge in [0.15, 0.2) is 0 Å². The number of carboxylic acids is 1. The molecule has 6 nitrogen and oxygen atoms in total. The van der Waals surface area contributed by atoms with E-state index in [-0.39, 0.29) is 17.9 Å². The predicted molar refractivity (Wildman–Crippen MR) is 137 cm³/mol. The number of aryl methyl sites for hydroxylation is 1. The third-order valence-corrected chi connectivity index (χ3v) is 6.70. The van der Waals surface area contributed by atoms with E-state index in [1.807, 2.05) is 51.1 Å². The normalized spacial score (nSPS) is 20.0. The summed E-state index contributed by atoms with van der Waals surface area (Å²) in [5.41, 5.74) is 4.89. The Morgan fingerprint density at radius 2 is 1.94 bits per heavy atom. The van der Waals surface area contributed by atoms with Gasteiger partial charge in [-0.15, -0.1) is 0 Å². The number of nitrogens with zero attached hydrogens (tertiary/aromatic N) is 2. The van der Waals surface area contributed by atoms with Crippen molar-refractivity contribution in [3.63, 3.8) is 0 Å². The first-order valence-electron chi connectivity index (χ1n) is 12.3. The molecule has 4 rings (SSSR count). The monoisotopic (exact) mass is 463 g/mol. The van der Waals surface area contributed by atoms with Crippen molar-refractivity contribution in [2.24, 2.45) is 11.3 Å². The van der Waals surface area contributed by atoms with Crippen LogP contribution in [-0.2, 0) is 11.2 Å². The van der Waals surface area contributed by atoms with Crippen LogP contribution in [0.5, 0.6) is 5.75 Å². The summed E-state index contributed by atoms with van der Waals surface area (Å²) in [4.78, 5) is 16.3. The molecule has 0 amide bonds. The number of benzene rings is 2. The molecule has 0 aliphatic heterocycles. The number of ether oxygens (including phenoxy) is 1. The Kier molecular flexibility index (Phi) is 6.61. The van der Waals surface area contributed by atoms with E-state index in [9.17, 15) is 9.90 Å². The van der Waals surface area contributed by atoms with Gasteiger partial charge in [0.2, 0.25) is 5.95 Å². The number of fused-ring (bicyclic) bond motifs is 1. The van der Waals surface area contributed by atoms with Crippen molar-refractivity contribution >= 4 is 28.6 Å². The molecule has 1 fully saturated rings. The molecule has 182 valence electrons. The van der Waals surface area contributed by atoms with Gasteiger partial charge in [-0.3, -0.25) is 4.79 Å². The highest BCUT2D eigenvalue weighted by Crippen LogP contribution is 2.46. The van der Waals surface area contributed by atoms with E-state index < -0.39 is 5.97 Å². The van der Waals surface area contributed by atoms with Crippen LogP contribution in [0.1, 0.15) is 71.0 Å². The van der Waals surface area contributed by atoms with E-state index in [0.29, 0.717) is 12.0 Å². The molecule has 1 aliphatic carbocycles. The summed E-state index contributed by atoms with van der Waals surface area (Å²) in [6.07, 6.45) is 3.53. The Labute approximate surface area is 202 Å². The Balaban J connectivity index is 1.77. The topological polar surface area (TPSA) is 76.4 Å². The lowest BCUT2D eigenvalue weighted by molar-refractivity contribution is -0.136. The lowest BCUT2D eigenvalue weighted by Gasteiger charge is -2.40. The minimum atomic E-state index is -0.827. The molecular weight excluding hydrogens is 426 g/mol. The largest absolute Gasteiger partial charge is 0.491 e. The first-order chi connectivity index (χ1) is 16.0. The second kappa shape index (κ2) is 9.32. The zero-order chi connectivity index (χ0) is 24.6. The van der Waals surface area contributed by atoms with Gasteiger partial charge >= 0.3 is 5.97 Å². The van der Waals surface area contributed by atoms with Crippen LogP contribution >= 0.6 is 0 Å². The first-order valence-corrected chi connectivity index (χ1v) is 12.3. The zero-order valence-corrected chi connectivity index (χ0v) is 21.2. The molecule has 1 heterocycles. The summed E-state index contributed by atoms with van der Waals surface area (Å²) in [7, 11) is 0. The SMILES string of the molecule is Cc1cc2c(cc1CC(=O)O)nc(Nc1ccc(OC(C)C)cc1)n2[C@@H]1C[C@H](C)CC(C)(C)C1. The minimum absolute atomic E-state index is 0.00218. The van der Waals surface area contributed by atoms with E-state index in [1.54, 1.807) is 0 Å². The van der Waals surface area contributed by atoms with Crippen molar-refractivity contribution in [2.75, 3.05) is 5.32 Å². The maximum atomic E-state index is 11.4. The second-order valence-electron chi connectivity index (χ2n) is 11.0. The van der Waals surface area contributed by atoms with E-state index >= 15 is 0 Å². The fourth-order valence-electron chi connectivity index (χ4n) is 5.61. The average molecular weight is 464 g/mol. The fraction of sp³-hybridized carbons (Fsp3) is 0.500. The maximum absolute atomic E-state index is 11.4. The van der Waals surface area contributed by atoms with Crippen LogP contribution in [-0.4, -0.2) is 26.7 Å². The van der Waals surface area contributed by atoms with Gasteiger partial charge in [0.1, 0.15) is 5.75 Å². The van der Waals surface area contributed by atoms with E-state index in [1.165, 1.54) is 6.42 Å². The van der Waals surface area contributed by atoms with Crippen LogP contribution in [0.3, 0.4) is 0 Å². The number of nitrogens with one attached hydrogen (secondary N) is 1. The molecule has 2 N–H and O–H groups in total. The van der Waals surface area contributed by atoms with E-state index in [4.69, 9.17) is 9.72 Å². The molecule has 0 unspecified atom stereocenters. The number of aromatic nitrogens is 2. The highest BCUT2D eigenvalue weighted by molar-refractivity contribution is 5.83. The molecule has 0 spiro atoms. The Hall–Kier alpha value is -3.02. The molecule has 0 saturated heterocycles. The van der Waals surface area contributed by atoms with Crippen LogP contribution in [0.2, 0.25) is 0 Å². The molecular formula is C28H37N3O3. The van der Waals surface area contributed by atoms with Crippen LogP contribution in [0.25, 0.3) is 11.0 Å². The van der Waals surface area contributed by atoms with E-state index in [2.05, 4.69) is 36.7 Å². The van der Waals surface area contributed by atoms with Gasteiger partial charge in [-0.1, -0.05) is 20.8 Å². The minimum Gasteiger partial charge on any atom is -0.491 e. The van der Waals surface area contributed by atoms with Gasteiger partial charge in [0.05, 0.1) is 23.6 Å². The molecule has 1 aliphatic rings. The first kappa shape index (κ1) is 24.1. The van der Waals surface area contributed by atoms with Gasteiger partial charge in [-0.2, -0.15) is 0 Å². The molecule has 2 aromatic carbocycles. The standard InChI is InChI=1S/C28H37N3O3/c1-17(2)34-23-9-7-21(8-10-23)29-27-30-24-13-20(14-26(32)33)19(4)12-25(24)31(27)22-11-18(3)15-28(5,6)16-22/h7-10,12-13,17-18,22H,11,14-16H2,1-6H3,(H,29,30)(H,32,33)/t18-,22+/m0/s1. The van der Waals surface area contributed by atoms with Crippen molar-refractivity contribution in [2.45, 2.75) is 79.4 Å². The second-order valence-corrected chi connectivity index (χ2v) is 11.0. The summed E-state index contributed by atoms with van der Waals surface area (Å²) in [6.45, 7) is 13.1. The Morgan fingerprint density at radius 1 is 1.24 bits per heavy atom. The van der Waals surface area contributed by atoms with Crippen molar-refractivity contribution < 1.29 is 14.6 Å². The number of aliphatic carboxylic acids is 1. The molecule has 0 bridgehead atoms. The number of rotatable bonds is 7. The van der Waals surface area contributed by atoms with Crippen LogP contribution in [0, 0.1) is 18.3 Å². The average Bonchev–Trinajstić information content (AvgIpc) is 3.04. The van der Waals surface area contributed by atoms with Crippen LogP contribution in [0.15, 0.2) is 36.4 Å². The number of hydrogen-bond donors (Lipinski definition) is 2. The zero-order valence-electron chi connectivity index (χ0n) is 21.2. The third kappa shape index (κ3) is 5.37. The quantitative estimate of drug-likeness (QED) is 0.399. The Morgan fingerprint density at radius 3 is 2.56 bits per heavy atom. The number of hydrogen-bond acceptors (Lipinski definition) is 4. The molecule has 0 radical (unpaired) electrons. The highest BCUT2D eigenvalue weighted by Gasteiger charge is 2.34. The van der Waals surface area contributed by atoms with Crippen LogP contribution < -0.4 is 10.1 Å². The molecule has 6 heteroatoms. The summed E-state index contributed by atoms with van der Waals surface area (Å²) in [6, 6.07) is 12.3. The number of imidazole rings is 1. The van der Waals surface area contributed by atoms with Crippen LogP contribution in [0.4, 0.5) is 11.6 Å². The van der Waals surface area contributed by atoms with Crippen molar-refractivity contribution in [3.8, 4) is 5.75 Å². The van der Waals surface area contributed by atoms with Gasteiger partial charge in [-0.25, -0.2) is 4.98 Å². The molecule has 34 heavy (non-hydrogen) atoms. The smallest absolute Gasteiger partial charge is 0.307 e. The molecule has 1 saturated carbocycles. The van der Waals surface area contributed by atoms with Gasteiger partial charge in [-0.05, 0) is 98.9 Å². The predicted octanol–water partition coefficient (Wildman–Crippen LogP) is 6.89. The van der Waals surface area contributed by atoms with Gasteiger partial charge < -0.3 is 19.7 Å².